The first-order valence-corrected chi connectivity index (χ1v) is 7.58. The molecule has 0 saturated heterocycles. The Bertz CT molecular complexity index is 641. The lowest BCUT2D eigenvalue weighted by Gasteiger charge is -2.23. The van der Waals surface area contributed by atoms with E-state index in [0.717, 1.165) is 35.9 Å². The van der Waals surface area contributed by atoms with E-state index in [9.17, 15) is 0 Å². The summed E-state index contributed by atoms with van der Waals surface area (Å²) in [5.41, 5.74) is 1.16. The summed E-state index contributed by atoms with van der Waals surface area (Å²) in [5, 5.41) is 3.95. The molecule has 0 bridgehead atoms. The zero-order valence-electron chi connectivity index (χ0n) is 13.2. The van der Waals surface area contributed by atoms with Crippen LogP contribution < -0.4 is 9.47 Å². The summed E-state index contributed by atoms with van der Waals surface area (Å²) >= 11 is 0. The predicted octanol–water partition coefficient (Wildman–Crippen LogP) is 2.60. The van der Waals surface area contributed by atoms with Crippen LogP contribution >= 0.6 is 0 Å². The van der Waals surface area contributed by atoms with E-state index >= 15 is 0 Å². The number of nitrogens with zero attached hydrogens (tertiary/aromatic N) is 3. The number of fused-ring (bicyclic) bond motifs is 1. The molecule has 0 amide bonds. The van der Waals surface area contributed by atoms with E-state index in [1.165, 1.54) is 0 Å². The predicted molar refractivity (Wildman–Crippen MR) is 81.0 cm³/mol. The SMILES string of the molecule is CCc1noc([C@@H](C)N(C)Cc2ccc3c(c2)OCCO3)n1. The van der Waals surface area contributed by atoms with Crippen LogP contribution in [0.3, 0.4) is 0 Å². The van der Waals surface area contributed by atoms with E-state index in [4.69, 9.17) is 14.0 Å². The van der Waals surface area contributed by atoms with Gasteiger partial charge in [0.25, 0.3) is 0 Å². The van der Waals surface area contributed by atoms with Gasteiger partial charge in [-0.2, -0.15) is 4.98 Å². The van der Waals surface area contributed by atoms with Crippen LogP contribution in [-0.4, -0.2) is 35.3 Å². The lowest BCUT2D eigenvalue weighted by molar-refractivity contribution is 0.170. The Kier molecular flexibility index (Phi) is 4.29. The molecule has 2 aromatic rings. The summed E-state index contributed by atoms with van der Waals surface area (Å²) < 4.78 is 16.5. The van der Waals surface area contributed by atoms with Gasteiger partial charge in [0.05, 0.1) is 6.04 Å². The molecule has 1 aliphatic rings. The van der Waals surface area contributed by atoms with Gasteiger partial charge in [-0.05, 0) is 31.7 Å². The number of ether oxygens (including phenoxy) is 2. The summed E-state index contributed by atoms with van der Waals surface area (Å²) in [6.45, 7) is 6.05. The number of hydrogen-bond acceptors (Lipinski definition) is 6. The molecule has 0 unspecified atom stereocenters. The van der Waals surface area contributed by atoms with Gasteiger partial charge in [-0.15, -0.1) is 0 Å². The van der Waals surface area contributed by atoms with Crippen LogP contribution in [0, 0.1) is 0 Å². The minimum Gasteiger partial charge on any atom is -0.486 e. The normalized spacial score (nSPS) is 15.1. The molecule has 0 saturated carbocycles. The largest absolute Gasteiger partial charge is 0.486 e. The molecule has 118 valence electrons. The monoisotopic (exact) mass is 303 g/mol. The maximum absolute atomic E-state index is 5.62. The number of hydrogen-bond donors (Lipinski definition) is 0. The molecule has 3 rings (SSSR count). The molecule has 1 atom stereocenters. The van der Waals surface area contributed by atoms with Gasteiger partial charge in [0, 0.05) is 13.0 Å². The lowest BCUT2D eigenvalue weighted by Crippen LogP contribution is -2.22. The van der Waals surface area contributed by atoms with Crippen molar-refractivity contribution in [2.24, 2.45) is 0 Å². The van der Waals surface area contributed by atoms with Crippen LogP contribution in [-0.2, 0) is 13.0 Å². The number of aromatic nitrogens is 2. The third kappa shape index (κ3) is 3.06. The van der Waals surface area contributed by atoms with Crippen molar-refractivity contribution in [3.05, 3.63) is 35.5 Å². The molecule has 1 aromatic heterocycles. The van der Waals surface area contributed by atoms with Gasteiger partial charge < -0.3 is 14.0 Å². The Morgan fingerprint density at radius 3 is 2.73 bits per heavy atom. The summed E-state index contributed by atoms with van der Waals surface area (Å²) in [7, 11) is 2.04. The fourth-order valence-electron chi connectivity index (χ4n) is 2.38. The zero-order valence-corrected chi connectivity index (χ0v) is 13.2. The average Bonchev–Trinajstić information content (AvgIpc) is 3.03. The van der Waals surface area contributed by atoms with Crippen molar-refractivity contribution in [3.63, 3.8) is 0 Å². The molecular weight excluding hydrogens is 282 g/mol. The summed E-state index contributed by atoms with van der Waals surface area (Å²) in [6.07, 6.45) is 0.780. The molecule has 6 heteroatoms. The fraction of sp³-hybridized carbons (Fsp3) is 0.500. The Balaban J connectivity index is 1.69. The molecule has 1 aromatic carbocycles. The van der Waals surface area contributed by atoms with Crippen molar-refractivity contribution < 1.29 is 14.0 Å². The van der Waals surface area contributed by atoms with E-state index in [1.54, 1.807) is 0 Å². The Morgan fingerprint density at radius 2 is 2.00 bits per heavy atom. The highest BCUT2D eigenvalue weighted by Gasteiger charge is 2.19. The van der Waals surface area contributed by atoms with Gasteiger partial charge in [0.15, 0.2) is 17.3 Å². The molecule has 0 N–H and O–H groups in total. The van der Waals surface area contributed by atoms with Crippen molar-refractivity contribution in [3.8, 4) is 11.5 Å². The summed E-state index contributed by atoms with van der Waals surface area (Å²) in [6, 6.07) is 6.11. The number of benzene rings is 1. The summed E-state index contributed by atoms with van der Waals surface area (Å²) in [5.74, 6) is 3.03. The minimum atomic E-state index is 0.0565. The van der Waals surface area contributed by atoms with Crippen molar-refractivity contribution in [1.29, 1.82) is 0 Å². The molecule has 6 nitrogen and oxygen atoms in total. The Morgan fingerprint density at radius 1 is 1.23 bits per heavy atom. The highest BCUT2D eigenvalue weighted by molar-refractivity contribution is 5.43. The van der Waals surface area contributed by atoms with Gasteiger partial charge in [-0.1, -0.05) is 18.1 Å². The summed E-state index contributed by atoms with van der Waals surface area (Å²) in [4.78, 5) is 6.56. The maximum Gasteiger partial charge on any atom is 0.243 e. The van der Waals surface area contributed by atoms with E-state index in [-0.39, 0.29) is 6.04 Å². The van der Waals surface area contributed by atoms with Crippen LogP contribution in [0.25, 0.3) is 0 Å². The van der Waals surface area contributed by atoms with Gasteiger partial charge in [0.1, 0.15) is 13.2 Å². The van der Waals surface area contributed by atoms with Crippen molar-refractivity contribution in [1.82, 2.24) is 15.0 Å². The molecule has 0 aliphatic carbocycles. The molecule has 0 spiro atoms. The third-order valence-electron chi connectivity index (χ3n) is 3.86. The van der Waals surface area contributed by atoms with E-state index < -0.39 is 0 Å². The average molecular weight is 303 g/mol. The van der Waals surface area contributed by atoms with Gasteiger partial charge in [0.2, 0.25) is 5.89 Å². The van der Waals surface area contributed by atoms with Crippen LogP contribution in [0.4, 0.5) is 0 Å². The fourth-order valence-corrected chi connectivity index (χ4v) is 2.38. The first-order chi connectivity index (χ1) is 10.7. The maximum atomic E-state index is 5.62. The molecular formula is C16H21N3O3. The van der Waals surface area contributed by atoms with Gasteiger partial charge in [-0.25, -0.2) is 0 Å². The van der Waals surface area contributed by atoms with Crippen LogP contribution in [0.1, 0.15) is 37.2 Å². The molecule has 0 fully saturated rings. The second kappa shape index (κ2) is 6.36. The van der Waals surface area contributed by atoms with Gasteiger partial charge >= 0.3 is 0 Å². The molecule has 2 heterocycles. The molecule has 22 heavy (non-hydrogen) atoms. The highest BCUT2D eigenvalue weighted by Crippen LogP contribution is 2.31. The van der Waals surface area contributed by atoms with Crippen molar-refractivity contribution >= 4 is 0 Å². The first kappa shape index (κ1) is 14.8. The van der Waals surface area contributed by atoms with E-state index in [0.29, 0.717) is 19.1 Å². The lowest BCUT2D eigenvalue weighted by atomic mass is 10.1. The van der Waals surface area contributed by atoms with E-state index in [2.05, 4.69) is 28.0 Å². The van der Waals surface area contributed by atoms with Crippen LogP contribution in [0.15, 0.2) is 22.7 Å². The standard InChI is InChI=1S/C16H21N3O3/c1-4-15-17-16(22-18-15)11(2)19(3)10-12-5-6-13-14(9-12)21-8-7-20-13/h5-6,9,11H,4,7-8,10H2,1-3H3/t11-/m1/s1. The zero-order chi connectivity index (χ0) is 15.5. The number of aryl methyl sites for hydroxylation is 1. The second-order valence-electron chi connectivity index (χ2n) is 5.47. The van der Waals surface area contributed by atoms with Crippen molar-refractivity contribution in [2.75, 3.05) is 20.3 Å². The first-order valence-electron chi connectivity index (χ1n) is 7.58. The molecule has 0 radical (unpaired) electrons. The smallest absolute Gasteiger partial charge is 0.243 e. The van der Waals surface area contributed by atoms with Crippen LogP contribution in [0.2, 0.25) is 0 Å². The number of rotatable bonds is 5. The Hall–Kier alpha value is -2.08. The third-order valence-corrected chi connectivity index (χ3v) is 3.86. The van der Waals surface area contributed by atoms with Crippen molar-refractivity contribution in [2.45, 2.75) is 32.9 Å². The Labute approximate surface area is 130 Å². The minimum absolute atomic E-state index is 0.0565. The highest BCUT2D eigenvalue weighted by atomic mass is 16.6. The van der Waals surface area contributed by atoms with Gasteiger partial charge in [-0.3, -0.25) is 4.90 Å². The topological polar surface area (TPSA) is 60.6 Å². The second-order valence-corrected chi connectivity index (χ2v) is 5.47. The van der Waals surface area contributed by atoms with Crippen LogP contribution in [0.5, 0.6) is 11.5 Å². The van der Waals surface area contributed by atoms with E-state index in [1.807, 2.05) is 26.1 Å². The molecule has 1 aliphatic heterocycles. The quantitative estimate of drug-likeness (QED) is 0.846.